The monoisotopic (exact) mass is 329 g/mol. The topological polar surface area (TPSA) is 35.2 Å². The fourth-order valence-corrected chi connectivity index (χ4v) is 2.97. The Hall–Kier alpha value is -0.910. The van der Waals surface area contributed by atoms with Gasteiger partial charge in [-0.1, -0.05) is 6.07 Å². The molecule has 0 saturated carbocycles. The van der Waals surface area contributed by atoms with Crippen molar-refractivity contribution in [3.05, 3.63) is 50.4 Å². The smallest absolute Gasteiger partial charge is 0.165 e. The molecular weight excluding hydrogens is 317 g/mol. The Bertz CT molecular complexity index is 544. The van der Waals surface area contributed by atoms with Crippen molar-refractivity contribution in [2.45, 2.75) is 12.5 Å². The van der Waals surface area contributed by atoms with Crippen molar-refractivity contribution in [3.63, 3.8) is 0 Å². The van der Waals surface area contributed by atoms with Gasteiger partial charge in [0, 0.05) is 6.04 Å². The molecule has 1 aromatic carbocycles. The summed E-state index contributed by atoms with van der Waals surface area (Å²) in [6, 6.07) is 6.81. The zero-order valence-electron chi connectivity index (χ0n) is 9.82. The molecular formula is C13H13BrFNOS. The van der Waals surface area contributed by atoms with Crippen LogP contribution in [0.5, 0.6) is 5.75 Å². The first kappa shape index (κ1) is 13.5. The summed E-state index contributed by atoms with van der Waals surface area (Å²) in [5, 5.41) is 2.01. The van der Waals surface area contributed by atoms with E-state index in [0.717, 1.165) is 14.9 Å². The Labute approximate surface area is 118 Å². The summed E-state index contributed by atoms with van der Waals surface area (Å²) in [6.45, 7) is 0. The van der Waals surface area contributed by atoms with Crippen molar-refractivity contribution in [2.75, 3.05) is 7.11 Å². The quantitative estimate of drug-likeness (QED) is 0.923. The van der Waals surface area contributed by atoms with E-state index in [1.807, 2.05) is 17.5 Å². The Morgan fingerprint density at radius 2 is 2.22 bits per heavy atom. The molecule has 2 N–H and O–H groups in total. The fraction of sp³-hybridized carbons (Fsp3) is 0.231. The van der Waals surface area contributed by atoms with Crippen LogP contribution in [0.2, 0.25) is 0 Å². The van der Waals surface area contributed by atoms with Crippen molar-refractivity contribution in [1.29, 1.82) is 0 Å². The first-order valence-corrected chi connectivity index (χ1v) is 7.09. The highest BCUT2D eigenvalue weighted by Crippen LogP contribution is 2.27. The van der Waals surface area contributed by atoms with Gasteiger partial charge in [-0.25, -0.2) is 4.39 Å². The van der Waals surface area contributed by atoms with Gasteiger partial charge in [0.1, 0.15) is 0 Å². The van der Waals surface area contributed by atoms with E-state index < -0.39 is 0 Å². The molecule has 0 aliphatic rings. The highest BCUT2D eigenvalue weighted by Gasteiger charge is 2.11. The SMILES string of the molecule is COc1ccc(CC(N)c2csc(Br)c2)cc1F. The summed E-state index contributed by atoms with van der Waals surface area (Å²) >= 11 is 5.00. The third-order valence-electron chi connectivity index (χ3n) is 2.69. The van der Waals surface area contributed by atoms with Crippen LogP contribution in [0.25, 0.3) is 0 Å². The highest BCUT2D eigenvalue weighted by molar-refractivity contribution is 9.11. The number of benzene rings is 1. The van der Waals surface area contributed by atoms with E-state index in [4.69, 9.17) is 10.5 Å². The lowest BCUT2D eigenvalue weighted by molar-refractivity contribution is 0.386. The molecule has 1 atom stereocenters. The molecule has 5 heteroatoms. The number of ether oxygens (including phenoxy) is 1. The number of nitrogens with two attached hydrogens (primary N) is 1. The summed E-state index contributed by atoms with van der Waals surface area (Å²) in [5.74, 6) is -0.0979. The van der Waals surface area contributed by atoms with Crippen molar-refractivity contribution < 1.29 is 9.13 Å². The molecule has 96 valence electrons. The molecule has 0 bridgehead atoms. The molecule has 0 radical (unpaired) electrons. The van der Waals surface area contributed by atoms with Crippen LogP contribution in [0.15, 0.2) is 33.4 Å². The van der Waals surface area contributed by atoms with Crippen molar-refractivity contribution in [1.82, 2.24) is 0 Å². The maximum atomic E-state index is 13.5. The van der Waals surface area contributed by atoms with Gasteiger partial charge in [0.15, 0.2) is 11.6 Å². The molecule has 0 saturated heterocycles. The first-order chi connectivity index (χ1) is 8.60. The molecule has 0 fully saturated rings. The van der Waals surface area contributed by atoms with Gasteiger partial charge in [0.25, 0.3) is 0 Å². The standard InChI is InChI=1S/C13H13BrFNOS/c1-17-12-3-2-8(4-10(12)15)5-11(16)9-6-13(14)18-7-9/h2-4,6-7,11H,5,16H2,1H3. The lowest BCUT2D eigenvalue weighted by Crippen LogP contribution is -2.12. The Morgan fingerprint density at radius 1 is 1.44 bits per heavy atom. The maximum absolute atomic E-state index is 13.5. The zero-order chi connectivity index (χ0) is 13.1. The summed E-state index contributed by atoms with van der Waals surface area (Å²) in [6.07, 6.45) is 0.601. The summed E-state index contributed by atoms with van der Waals surface area (Å²) in [5.41, 5.74) is 8.02. The van der Waals surface area contributed by atoms with Crippen LogP contribution in [0.3, 0.4) is 0 Å². The van der Waals surface area contributed by atoms with Crippen LogP contribution >= 0.6 is 27.3 Å². The van der Waals surface area contributed by atoms with Gasteiger partial charge >= 0.3 is 0 Å². The third-order valence-corrected chi connectivity index (χ3v) is 4.21. The Morgan fingerprint density at radius 3 is 2.78 bits per heavy atom. The lowest BCUT2D eigenvalue weighted by atomic mass is 10.0. The largest absolute Gasteiger partial charge is 0.494 e. The number of halogens is 2. The van der Waals surface area contributed by atoms with Gasteiger partial charge < -0.3 is 10.5 Å². The maximum Gasteiger partial charge on any atom is 0.165 e. The number of hydrogen-bond acceptors (Lipinski definition) is 3. The van der Waals surface area contributed by atoms with Gasteiger partial charge in [0.2, 0.25) is 0 Å². The van der Waals surface area contributed by atoms with E-state index in [1.165, 1.54) is 13.2 Å². The fourth-order valence-electron chi connectivity index (χ4n) is 1.73. The molecule has 0 spiro atoms. The van der Waals surface area contributed by atoms with E-state index in [2.05, 4.69) is 15.9 Å². The average Bonchev–Trinajstić information content (AvgIpc) is 2.76. The molecule has 1 aromatic heterocycles. The van der Waals surface area contributed by atoms with Crippen molar-refractivity contribution in [3.8, 4) is 5.75 Å². The van der Waals surface area contributed by atoms with Crippen LogP contribution in [0.4, 0.5) is 4.39 Å². The van der Waals surface area contributed by atoms with Gasteiger partial charge in [-0.05, 0) is 57.1 Å². The number of methoxy groups -OCH3 is 1. The minimum Gasteiger partial charge on any atom is -0.494 e. The highest BCUT2D eigenvalue weighted by atomic mass is 79.9. The van der Waals surface area contributed by atoms with Gasteiger partial charge in [-0.2, -0.15) is 0 Å². The summed E-state index contributed by atoms with van der Waals surface area (Å²) in [7, 11) is 1.45. The molecule has 0 amide bonds. The van der Waals surface area contributed by atoms with E-state index >= 15 is 0 Å². The predicted octanol–water partition coefficient (Wildman–Crippen LogP) is 3.90. The van der Waals surface area contributed by atoms with Gasteiger partial charge in [-0.3, -0.25) is 0 Å². The molecule has 1 heterocycles. The van der Waals surface area contributed by atoms with Crippen LogP contribution in [0.1, 0.15) is 17.2 Å². The summed E-state index contributed by atoms with van der Waals surface area (Å²) in [4.78, 5) is 0. The van der Waals surface area contributed by atoms with Crippen LogP contribution in [-0.2, 0) is 6.42 Å². The Balaban J connectivity index is 2.12. The predicted molar refractivity (Wildman–Crippen MR) is 75.6 cm³/mol. The first-order valence-electron chi connectivity index (χ1n) is 5.42. The van der Waals surface area contributed by atoms with Crippen molar-refractivity contribution in [2.24, 2.45) is 5.73 Å². The summed E-state index contributed by atoms with van der Waals surface area (Å²) < 4.78 is 19.5. The molecule has 0 aliphatic heterocycles. The lowest BCUT2D eigenvalue weighted by Gasteiger charge is -2.11. The van der Waals surface area contributed by atoms with Gasteiger partial charge in [-0.15, -0.1) is 11.3 Å². The molecule has 2 rings (SSSR count). The van der Waals surface area contributed by atoms with E-state index in [9.17, 15) is 4.39 Å². The minimum atomic E-state index is -0.353. The molecule has 2 aromatic rings. The van der Waals surface area contributed by atoms with Crippen LogP contribution < -0.4 is 10.5 Å². The molecule has 0 aliphatic carbocycles. The number of rotatable bonds is 4. The minimum absolute atomic E-state index is 0.125. The second-order valence-corrected chi connectivity index (χ2v) is 6.25. The third kappa shape index (κ3) is 3.10. The number of thiophene rings is 1. The zero-order valence-corrected chi connectivity index (χ0v) is 12.2. The number of hydrogen-bond donors (Lipinski definition) is 1. The van der Waals surface area contributed by atoms with Crippen molar-refractivity contribution >= 4 is 27.3 Å². The second-order valence-electron chi connectivity index (χ2n) is 3.96. The average molecular weight is 330 g/mol. The van der Waals surface area contributed by atoms with E-state index in [-0.39, 0.29) is 17.6 Å². The van der Waals surface area contributed by atoms with E-state index in [0.29, 0.717) is 6.42 Å². The van der Waals surface area contributed by atoms with Gasteiger partial charge in [0.05, 0.1) is 10.9 Å². The van der Waals surface area contributed by atoms with Crippen LogP contribution in [-0.4, -0.2) is 7.11 Å². The van der Waals surface area contributed by atoms with Crippen LogP contribution in [0, 0.1) is 5.82 Å². The normalized spacial score (nSPS) is 12.4. The molecule has 18 heavy (non-hydrogen) atoms. The Kier molecular flexibility index (Phi) is 4.37. The molecule has 2 nitrogen and oxygen atoms in total. The second kappa shape index (κ2) is 5.82. The van der Waals surface area contributed by atoms with E-state index in [1.54, 1.807) is 17.4 Å². The molecule has 1 unspecified atom stereocenters.